The minimum absolute atomic E-state index is 0.415. The zero-order valence-corrected chi connectivity index (χ0v) is 12.6. The molecular formula is C15H26N2S. The molecule has 0 bridgehead atoms. The maximum Gasteiger partial charge on any atom is 0.0244 e. The third kappa shape index (κ3) is 3.81. The number of rotatable bonds is 6. The van der Waals surface area contributed by atoms with Gasteiger partial charge in [-0.2, -0.15) is 0 Å². The molecule has 1 aliphatic rings. The number of hydrogen-bond acceptors (Lipinski definition) is 3. The Morgan fingerprint density at radius 1 is 1.39 bits per heavy atom. The summed E-state index contributed by atoms with van der Waals surface area (Å²) in [6.07, 6.45) is 4.98. The van der Waals surface area contributed by atoms with Crippen LogP contribution in [0.5, 0.6) is 0 Å². The summed E-state index contributed by atoms with van der Waals surface area (Å²) in [5.74, 6) is 0. The molecule has 0 unspecified atom stereocenters. The molecule has 0 amide bonds. The van der Waals surface area contributed by atoms with E-state index in [4.69, 9.17) is 5.73 Å². The second-order valence-electron chi connectivity index (χ2n) is 6.20. The second kappa shape index (κ2) is 6.18. The SMILES string of the molecule is CC(C)(CCN)CCCN1CCc2sccc2C1. The molecule has 0 saturated carbocycles. The van der Waals surface area contributed by atoms with Crippen LogP contribution in [-0.4, -0.2) is 24.5 Å². The summed E-state index contributed by atoms with van der Waals surface area (Å²) in [4.78, 5) is 4.21. The quantitative estimate of drug-likeness (QED) is 0.856. The first-order valence-electron chi connectivity index (χ1n) is 7.08. The molecule has 1 aromatic heterocycles. The van der Waals surface area contributed by atoms with E-state index in [0.29, 0.717) is 5.41 Å². The van der Waals surface area contributed by atoms with Gasteiger partial charge in [0.25, 0.3) is 0 Å². The molecule has 2 N–H and O–H groups in total. The number of thiophene rings is 1. The summed E-state index contributed by atoms with van der Waals surface area (Å²) < 4.78 is 0. The van der Waals surface area contributed by atoms with Gasteiger partial charge in [0.15, 0.2) is 0 Å². The molecule has 0 atom stereocenters. The maximum absolute atomic E-state index is 5.66. The van der Waals surface area contributed by atoms with Crippen molar-refractivity contribution < 1.29 is 0 Å². The van der Waals surface area contributed by atoms with Gasteiger partial charge in [0.1, 0.15) is 0 Å². The van der Waals surface area contributed by atoms with Gasteiger partial charge in [0.2, 0.25) is 0 Å². The molecule has 0 spiro atoms. The zero-order chi connectivity index (χ0) is 13.0. The van der Waals surface area contributed by atoms with Crippen LogP contribution in [-0.2, 0) is 13.0 Å². The number of hydrogen-bond donors (Lipinski definition) is 1. The van der Waals surface area contributed by atoms with Crippen molar-refractivity contribution in [1.29, 1.82) is 0 Å². The Balaban J connectivity index is 1.73. The molecule has 18 heavy (non-hydrogen) atoms. The molecule has 0 radical (unpaired) electrons. The van der Waals surface area contributed by atoms with Crippen molar-refractivity contribution in [3.63, 3.8) is 0 Å². The van der Waals surface area contributed by atoms with Gasteiger partial charge < -0.3 is 5.73 Å². The normalized spacial score (nSPS) is 16.8. The van der Waals surface area contributed by atoms with Gasteiger partial charge in [-0.15, -0.1) is 11.3 Å². The third-order valence-electron chi connectivity index (χ3n) is 4.04. The number of nitrogens with zero attached hydrogens (tertiary/aromatic N) is 1. The van der Waals surface area contributed by atoms with Gasteiger partial charge in [-0.1, -0.05) is 13.8 Å². The fraction of sp³-hybridized carbons (Fsp3) is 0.733. The Morgan fingerprint density at radius 3 is 3.00 bits per heavy atom. The lowest BCUT2D eigenvalue weighted by atomic mass is 9.84. The van der Waals surface area contributed by atoms with E-state index in [2.05, 4.69) is 30.2 Å². The summed E-state index contributed by atoms with van der Waals surface area (Å²) in [6, 6.07) is 2.30. The molecule has 2 heterocycles. The first kappa shape index (κ1) is 14.0. The van der Waals surface area contributed by atoms with Crippen molar-refractivity contribution in [1.82, 2.24) is 4.90 Å². The van der Waals surface area contributed by atoms with E-state index in [1.807, 2.05) is 11.3 Å². The lowest BCUT2D eigenvalue weighted by Gasteiger charge is -2.29. The van der Waals surface area contributed by atoms with Crippen LogP contribution in [0.4, 0.5) is 0 Å². The summed E-state index contributed by atoms with van der Waals surface area (Å²) in [5.41, 5.74) is 7.64. The summed E-state index contributed by atoms with van der Waals surface area (Å²) in [7, 11) is 0. The predicted molar refractivity (Wildman–Crippen MR) is 80.0 cm³/mol. The van der Waals surface area contributed by atoms with E-state index in [9.17, 15) is 0 Å². The maximum atomic E-state index is 5.66. The van der Waals surface area contributed by atoms with E-state index < -0.39 is 0 Å². The molecule has 0 saturated heterocycles. The fourth-order valence-electron chi connectivity index (χ4n) is 2.79. The highest BCUT2D eigenvalue weighted by molar-refractivity contribution is 7.10. The van der Waals surface area contributed by atoms with Crippen molar-refractivity contribution in [2.45, 2.75) is 46.1 Å². The van der Waals surface area contributed by atoms with Gasteiger partial charge >= 0.3 is 0 Å². The van der Waals surface area contributed by atoms with Gasteiger partial charge in [0, 0.05) is 18.0 Å². The van der Waals surface area contributed by atoms with E-state index in [0.717, 1.165) is 19.5 Å². The molecule has 1 aromatic rings. The van der Waals surface area contributed by atoms with Crippen molar-refractivity contribution in [3.8, 4) is 0 Å². The van der Waals surface area contributed by atoms with Crippen LogP contribution < -0.4 is 5.73 Å². The van der Waals surface area contributed by atoms with E-state index in [1.54, 1.807) is 10.4 Å². The zero-order valence-electron chi connectivity index (χ0n) is 11.7. The molecule has 1 aliphatic heterocycles. The summed E-state index contributed by atoms with van der Waals surface area (Å²) in [5, 5.41) is 2.23. The van der Waals surface area contributed by atoms with Crippen LogP contribution in [0.2, 0.25) is 0 Å². The Hall–Kier alpha value is -0.380. The molecule has 3 heteroatoms. The lowest BCUT2D eigenvalue weighted by Crippen LogP contribution is -2.31. The largest absolute Gasteiger partial charge is 0.330 e. The highest BCUT2D eigenvalue weighted by Crippen LogP contribution is 2.27. The van der Waals surface area contributed by atoms with Crippen molar-refractivity contribution in [2.75, 3.05) is 19.6 Å². The molecule has 2 nitrogen and oxygen atoms in total. The monoisotopic (exact) mass is 266 g/mol. The minimum atomic E-state index is 0.415. The Kier molecular flexibility index (Phi) is 4.82. The van der Waals surface area contributed by atoms with Crippen molar-refractivity contribution >= 4 is 11.3 Å². The molecule has 0 aromatic carbocycles. The molecule has 0 fully saturated rings. The van der Waals surface area contributed by atoms with Crippen LogP contribution in [0.25, 0.3) is 0 Å². The summed E-state index contributed by atoms with van der Waals surface area (Å²) >= 11 is 1.92. The van der Waals surface area contributed by atoms with Gasteiger partial charge in [-0.3, -0.25) is 4.90 Å². The second-order valence-corrected chi connectivity index (χ2v) is 7.20. The van der Waals surface area contributed by atoms with Crippen LogP contribution >= 0.6 is 11.3 Å². The topological polar surface area (TPSA) is 29.3 Å². The van der Waals surface area contributed by atoms with Gasteiger partial charge in [0.05, 0.1) is 0 Å². The number of fused-ring (bicyclic) bond motifs is 1. The Labute approximate surface area is 115 Å². The van der Waals surface area contributed by atoms with E-state index in [-0.39, 0.29) is 0 Å². The van der Waals surface area contributed by atoms with Crippen LogP contribution in [0.3, 0.4) is 0 Å². The Bertz CT molecular complexity index is 370. The fourth-order valence-corrected chi connectivity index (χ4v) is 3.68. The average Bonchev–Trinajstić information content (AvgIpc) is 2.75. The highest BCUT2D eigenvalue weighted by Gasteiger charge is 2.19. The van der Waals surface area contributed by atoms with Crippen LogP contribution in [0.15, 0.2) is 11.4 Å². The minimum Gasteiger partial charge on any atom is -0.330 e. The van der Waals surface area contributed by atoms with Crippen LogP contribution in [0, 0.1) is 5.41 Å². The smallest absolute Gasteiger partial charge is 0.0244 e. The van der Waals surface area contributed by atoms with Crippen LogP contribution in [0.1, 0.15) is 43.6 Å². The van der Waals surface area contributed by atoms with Crippen molar-refractivity contribution in [2.24, 2.45) is 11.1 Å². The first-order valence-corrected chi connectivity index (χ1v) is 7.96. The standard InChI is InChI=1S/C15H26N2S/c1-15(2,7-8-16)6-3-9-17-10-4-14-13(12-17)5-11-18-14/h5,11H,3-4,6-10,12,16H2,1-2H3. The molecule has 2 rings (SSSR count). The third-order valence-corrected chi connectivity index (χ3v) is 5.06. The lowest BCUT2D eigenvalue weighted by molar-refractivity contribution is 0.223. The first-order chi connectivity index (χ1) is 8.61. The molecule has 102 valence electrons. The van der Waals surface area contributed by atoms with Gasteiger partial charge in [-0.05, 0) is 61.2 Å². The summed E-state index contributed by atoms with van der Waals surface area (Å²) in [6.45, 7) is 9.14. The molecular weight excluding hydrogens is 240 g/mol. The van der Waals surface area contributed by atoms with Crippen molar-refractivity contribution in [3.05, 3.63) is 21.9 Å². The Morgan fingerprint density at radius 2 is 2.22 bits per heavy atom. The molecule has 0 aliphatic carbocycles. The van der Waals surface area contributed by atoms with Gasteiger partial charge in [-0.25, -0.2) is 0 Å². The highest BCUT2D eigenvalue weighted by atomic mass is 32.1. The average molecular weight is 266 g/mol. The van der Waals surface area contributed by atoms with E-state index in [1.165, 1.54) is 32.4 Å². The number of nitrogens with two attached hydrogens (primary N) is 1. The van der Waals surface area contributed by atoms with E-state index >= 15 is 0 Å². The predicted octanol–water partition coefficient (Wildman–Crippen LogP) is 3.26.